The van der Waals surface area contributed by atoms with Crippen molar-refractivity contribution in [1.29, 1.82) is 0 Å². The first-order valence-corrected chi connectivity index (χ1v) is 8.89. The van der Waals surface area contributed by atoms with Gasteiger partial charge in [0.25, 0.3) is 0 Å². The van der Waals surface area contributed by atoms with E-state index < -0.39 is 48.2 Å². The van der Waals surface area contributed by atoms with Crippen LogP contribution < -0.4 is 21.7 Å². The number of primary amides is 1. The molecule has 1 heterocycles. The lowest BCUT2D eigenvalue weighted by atomic mass is 10.0. The zero-order valence-electron chi connectivity index (χ0n) is 15.2. The molecule has 3 atom stereocenters. The fraction of sp³-hybridized carbons (Fsp3) is 0.444. The highest BCUT2D eigenvalue weighted by Crippen LogP contribution is 2.12. The van der Waals surface area contributed by atoms with E-state index in [1.807, 2.05) is 0 Å². The average molecular weight is 392 g/mol. The lowest BCUT2D eigenvalue weighted by Crippen LogP contribution is -2.55. The molecule has 1 aliphatic heterocycles. The van der Waals surface area contributed by atoms with Gasteiger partial charge in [0.15, 0.2) is 0 Å². The fourth-order valence-electron chi connectivity index (χ4n) is 2.93. The van der Waals surface area contributed by atoms with E-state index in [0.29, 0.717) is 18.5 Å². The van der Waals surface area contributed by atoms with Crippen LogP contribution in [0.4, 0.5) is 0 Å². The van der Waals surface area contributed by atoms with Gasteiger partial charge in [-0.25, -0.2) is 4.79 Å². The number of aliphatic carboxylic acids is 1. The quantitative estimate of drug-likeness (QED) is 0.300. The maximum atomic E-state index is 12.5. The lowest BCUT2D eigenvalue weighted by molar-refractivity contribution is -0.142. The molecule has 0 unspecified atom stereocenters. The molecule has 0 saturated carbocycles. The third-order valence-corrected chi connectivity index (χ3v) is 4.41. The van der Waals surface area contributed by atoms with Gasteiger partial charge in [-0.05, 0) is 37.1 Å². The number of rotatable bonds is 9. The van der Waals surface area contributed by atoms with Gasteiger partial charge >= 0.3 is 5.97 Å². The van der Waals surface area contributed by atoms with Crippen molar-refractivity contribution < 1.29 is 29.4 Å². The largest absolute Gasteiger partial charge is 0.508 e. The van der Waals surface area contributed by atoms with Crippen molar-refractivity contribution in [3.8, 4) is 5.75 Å². The number of hydrogen-bond acceptors (Lipinski definition) is 6. The number of carbonyl (C=O) groups excluding carboxylic acids is 3. The van der Waals surface area contributed by atoms with Crippen LogP contribution in [0.1, 0.15) is 24.8 Å². The molecule has 10 heteroatoms. The number of amides is 3. The Hall–Kier alpha value is -3.14. The lowest BCUT2D eigenvalue weighted by Gasteiger charge is -2.22. The van der Waals surface area contributed by atoms with Gasteiger partial charge in [0.05, 0.1) is 12.5 Å². The zero-order valence-corrected chi connectivity index (χ0v) is 15.2. The highest BCUT2D eigenvalue weighted by atomic mass is 16.4. The van der Waals surface area contributed by atoms with Gasteiger partial charge in [-0.15, -0.1) is 0 Å². The Labute approximate surface area is 161 Å². The zero-order chi connectivity index (χ0) is 20.7. The normalized spacial score (nSPS) is 18.1. The Morgan fingerprint density at radius 2 is 1.82 bits per heavy atom. The second kappa shape index (κ2) is 9.70. The summed E-state index contributed by atoms with van der Waals surface area (Å²) in [6.07, 6.45) is 0.937. The first-order valence-electron chi connectivity index (χ1n) is 8.89. The number of aromatic hydroxyl groups is 1. The fourth-order valence-corrected chi connectivity index (χ4v) is 2.93. The molecule has 1 aliphatic rings. The van der Waals surface area contributed by atoms with Gasteiger partial charge in [-0.3, -0.25) is 14.4 Å². The summed E-state index contributed by atoms with van der Waals surface area (Å²) in [6, 6.07) is 2.86. The standard InChI is InChI=1S/C18H24N4O6/c19-15(24)9-13(21-16(25)12-2-1-7-20-12)17(26)22-14(18(27)28)8-10-3-5-11(23)6-4-10/h3-6,12-14,20,23H,1-2,7-9H2,(H2,19,24)(H,21,25)(H,22,26)(H,27,28)/t12-,13-,14-/m0/s1. The van der Waals surface area contributed by atoms with Crippen molar-refractivity contribution >= 4 is 23.7 Å². The summed E-state index contributed by atoms with van der Waals surface area (Å²) in [4.78, 5) is 47.6. The Balaban J connectivity index is 2.05. The summed E-state index contributed by atoms with van der Waals surface area (Å²) in [5.74, 6) is -3.29. The molecule has 0 aromatic heterocycles. The van der Waals surface area contributed by atoms with Crippen LogP contribution in [0.3, 0.4) is 0 Å². The monoisotopic (exact) mass is 392 g/mol. The number of hydrogen-bond donors (Lipinski definition) is 6. The van der Waals surface area contributed by atoms with Gasteiger partial charge in [0.2, 0.25) is 17.7 Å². The molecule has 3 amide bonds. The molecule has 1 fully saturated rings. The first kappa shape index (κ1) is 21.2. The molecule has 0 spiro atoms. The Morgan fingerprint density at radius 1 is 1.14 bits per heavy atom. The van der Waals surface area contributed by atoms with Gasteiger partial charge in [-0.1, -0.05) is 12.1 Å². The highest BCUT2D eigenvalue weighted by molar-refractivity contribution is 5.94. The Kier molecular flexibility index (Phi) is 7.33. The number of nitrogens with one attached hydrogen (secondary N) is 3. The van der Waals surface area contributed by atoms with E-state index in [-0.39, 0.29) is 12.2 Å². The number of carbonyl (C=O) groups is 4. The van der Waals surface area contributed by atoms with Crippen molar-refractivity contribution in [2.24, 2.45) is 5.73 Å². The SMILES string of the molecule is NC(=O)C[C@H](NC(=O)[C@@H]1CCCN1)C(=O)N[C@@H](Cc1ccc(O)cc1)C(=O)O. The van der Waals surface area contributed by atoms with Crippen molar-refractivity contribution in [3.63, 3.8) is 0 Å². The van der Waals surface area contributed by atoms with E-state index in [9.17, 15) is 29.4 Å². The van der Waals surface area contributed by atoms with Gasteiger partial charge < -0.3 is 31.9 Å². The van der Waals surface area contributed by atoms with Crippen molar-refractivity contribution in [2.45, 2.75) is 43.8 Å². The molecule has 28 heavy (non-hydrogen) atoms. The van der Waals surface area contributed by atoms with Crippen LogP contribution in [-0.4, -0.2) is 58.6 Å². The summed E-state index contributed by atoms with van der Waals surface area (Å²) < 4.78 is 0. The van der Waals surface area contributed by atoms with Crippen LogP contribution in [0.25, 0.3) is 0 Å². The van der Waals surface area contributed by atoms with Crippen LogP contribution in [0, 0.1) is 0 Å². The molecular weight excluding hydrogens is 368 g/mol. The second-order valence-electron chi connectivity index (χ2n) is 6.65. The molecule has 0 aliphatic carbocycles. The summed E-state index contributed by atoms with van der Waals surface area (Å²) in [6.45, 7) is 0.679. The summed E-state index contributed by atoms with van der Waals surface area (Å²) in [5, 5.41) is 26.5. The molecule has 1 aromatic carbocycles. The van der Waals surface area contributed by atoms with Gasteiger partial charge in [0, 0.05) is 6.42 Å². The average Bonchev–Trinajstić information content (AvgIpc) is 3.16. The van der Waals surface area contributed by atoms with Crippen LogP contribution in [0.2, 0.25) is 0 Å². The van der Waals surface area contributed by atoms with Crippen LogP contribution in [-0.2, 0) is 25.6 Å². The minimum Gasteiger partial charge on any atom is -0.508 e. The van der Waals surface area contributed by atoms with Crippen LogP contribution >= 0.6 is 0 Å². The summed E-state index contributed by atoms with van der Waals surface area (Å²) >= 11 is 0. The van der Waals surface area contributed by atoms with E-state index in [4.69, 9.17) is 5.73 Å². The van der Waals surface area contributed by atoms with E-state index >= 15 is 0 Å². The van der Waals surface area contributed by atoms with Gasteiger partial charge in [0.1, 0.15) is 17.8 Å². The van der Waals surface area contributed by atoms with Gasteiger partial charge in [-0.2, -0.15) is 0 Å². The molecule has 10 nitrogen and oxygen atoms in total. The Morgan fingerprint density at radius 3 is 2.36 bits per heavy atom. The van der Waals surface area contributed by atoms with Crippen molar-refractivity contribution in [1.82, 2.24) is 16.0 Å². The number of carboxylic acid groups (broad SMARTS) is 1. The van der Waals surface area contributed by atoms with E-state index in [0.717, 1.165) is 6.42 Å². The molecule has 0 bridgehead atoms. The molecule has 152 valence electrons. The maximum absolute atomic E-state index is 12.5. The number of phenolic OH excluding ortho intramolecular Hbond substituents is 1. The molecule has 0 radical (unpaired) electrons. The smallest absolute Gasteiger partial charge is 0.326 e. The predicted octanol–water partition coefficient (Wildman–Crippen LogP) is -1.38. The van der Waals surface area contributed by atoms with E-state index in [1.165, 1.54) is 24.3 Å². The molecule has 1 saturated heterocycles. The number of benzene rings is 1. The minimum absolute atomic E-state index is 0.0319. The molecule has 2 rings (SSSR count). The topological polar surface area (TPSA) is 171 Å². The molecular formula is C18H24N4O6. The third-order valence-electron chi connectivity index (χ3n) is 4.41. The second-order valence-corrected chi connectivity index (χ2v) is 6.65. The third kappa shape index (κ3) is 6.23. The van der Waals surface area contributed by atoms with Crippen LogP contribution in [0.15, 0.2) is 24.3 Å². The first-order chi connectivity index (χ1) is 13.3. The van der Waals surface area contributed by atoms with Crippen LogP contribution in [0.5, 0.6) is 5.75 Å². The Bertz CT molecular complexity index is 730. The maximum Gasteiger partial charge on any atom is 0.326 e. The minimum atomic E-state index is -1.28. The summed E-state index contributed by atoms with van der Waals surface area (Å²) in [7, 11) is 0. The molecule has 7 N–H and O–H groups in total. The van der Waals surface area contributed by atoms with Crippen molar-refractivity contribution in [3.05, 3.63) is 29.8 Å². The predicted molar refractivity (Wildman–Crippen MR) is 98.1 cm³/mol. The number of carboxylic acids is 1. The number of nitrogens with two attached hydrogens (primary N) is 1. The van der Waals surface area contributed by atoms with Crippen molar-refractivity contribution in [2.75, 3.05) is 6.54 Å². The summed E-state index contributed by atoms with van der Waals surface area (Å²) in [5.41, 5.74) is 5.74. The van der Waals surface area contributed by atoms with E-state index in [2.05, 4.69) is 16.0 Å². The highest BCUT2D eigenvalue weighted by Gasteiger charge is 2.30. The molecule has 1 aromatic rings. The number of phenols is 1. The van der Waals surface area contributed by atoms with E-state index in [1.54, 1.807) is 0 Å².